The Morgan fingerprint density at radius 1 is 0.323 bits per heavy atom. The van der Waals surface area contributed by atoms with E-state index < -0.39 is 6.10 Å². The summed E-state index contributed by atoms with van der Waals surface area (Å²) < 4.78 is 16.6. The van der Waals surface area contributed by atoms with Gasteiger partial charge in [0.15, 0.2) is 6.10 Å². The van der Waals surface area contributed by atoms with Gasteiger partial charge in [0.2, 0.25) is 0 Å². The molecule has 0 fully saturated rings. The first kappa shape index (κ1) is 62.1. The van der Waals surface area contributed by atoms with Gasteiger partial charge in [-0.3, -0.25) is 14.4 Å². The number of rotatable bonds is 50. The van der Waals surface area contributed by atoms with E-state index in [1.807, 2.05) is 0 Å². The lowest BCUT2D eigenvalue weighted by Gasteiger charge is -2.18. The minimum absolute atomic E-state index is 0.0697. The Bertz CT molecular complexity index is 1180. The van der Waals surface area contributed by atoms with E-state index in [1.165, 1.54) is 148 Å². The number of carbonyl (C=O) groups excluding carboxylic acids is 3. The quantitative estimate of drug-likeness (QED) is 0.0262. The highest BCUT2D eigenvalue weighted by Crippen LogP contribution is 2.16. The Morgan fingerprint density at radius 2 is 0.600 bits per heavy atom. The molecule has 0 amide bonds. The first-order chi connectivity index (χ1) is 32.0. The van der Waals surface area contributed by atoms with Crippen molar-refractivity contribution in [3.63, 3.8) is 0 Å². The molecule has 6 nitrogen and oxygen atoms in total. The van der Waals surface area contributed by atoms with Gasteiger partial charge in [0.1, 0.15) is 13.2 Å². The van der Waals surface area contributed by atoms with E-state index in [1.54, 1.807) is 0 Å². The Kier molecular flexibility index (Phi) is 51.3. The molecule has 0 aromatic carbocycles. The average Bonchev–Trinajstić information content (AvgIpc) is 3.30. The fourth-order valence-electron chi connectivity index (χ4n) is 7.88. The fourth-order valence-corrected chi connectivity index (χ4v) is 7.88. The normalized spacial score (nSPS) is 12.5. The monoisotopic (exact) mass is 909 g/mol. The largest absolute Gasteiger partial charge is 0.462 e. The number of hydrogen-bond donors (Lipinski definition) is 0. The number of ether oxygens (including phenoxy) is 3. The van der Waals surface area contributed by atoms with Crippen LogP contribution in [0, 0.1) is 0 Å². The van der Waals surface area contributed by atoms with E-state index in [4.69, 9.17) is 14.2 Å². The van der Waals surface area contributed by atoms with Crippen LogP contribution in [0.15, 0.2) is 60.8 Å². The summed E-state index contributed by atoms with van der Waals surface area (Å²) in [6.45, 7) is 6.45. The molecule has 0 aliphatic rings. The summed E-state index contributed by atoms with van der Waals surface area (Å²) in [6, 6.07) is 0. The molecule has 0 heterocycles. The van der Waals surface area contributed by atoms with Gasteiger partial charge in [0.05, 0.1) is 0 Å². The molecule has 0 bridgehead atoms. The number of hydrogen-bond acceptors (Lipinski definition) is 6. The minimum Gasteiger partial charge on any atom is -0.462 e. The van der Waals surface area contributed by atoms with Crippen molar-refractivity contribution in [1.82, 2.24) is 0 Å². The van der Waals surface area contributed by atoms with Gasteiger partial charge in [-0.25, -0.2) is 0 Å². The summed E-state index contributed by atoms with van der Waals surface area (Å²) in [7, 11) is 0. The molecule has 0 spiro atoms. The second kappa shape index (κ2) is 53.7. The summed E-state index contributed by atoms with van der Waals surface area (Å²) in [5.41, 5.74) is 0. The van der Waals surface area contributed by atoms with Crippen molar-refractivity contribution in [2.75, 3.05) is 13.2 Å². The van der Waals surface area contributed by atoms with Gasteiger partial charge in [-0.2, -0.15) is 0 Å². The molecular formula is C59H104O6. The second-order valence-electron chi connectivity index (χ2n) is 18.5. The van der Waals surface area contributed by atoms with Crippen LogP contribution in [0.25, 0.3) is 0 Å². The molecule has 0 saturated heterocycles. The number of unbranched alkanes of at least 4 members (excludes halogenated alkanes) is 29. The van der Waals surface area contributed by atoms with Gasteiger partial charge in [0, 0.05) is 19.3 Å². The van der Waals surface area contributed by atoms with Crippen molar-refractivity contribution < 1.29 is 28.6 Å². The molecule has 1 unspecified atom stereocenters. The molecule has 65 heavy (non-hydrogen) atoms. The Hall–Kier alpha value is -2.89. The van der Waals surface area contributed by atoms with Crippen LogP contribution in [0.2, 0.25) is 0 Å². The van der Waals surface area contributed by atoms with Gasteiger partial charge in [-0.1, -0.05) is 255 Å². The van der Waals surface area contributed by atoms with Gasteiger partial charge in [0.25, 0.3) is 0 Å². The zero-order valence-corrected chi connectivity index (χ0v) is 43.0. The van der Waals surface area contributed by atoms with Crippen molar-refractivity contribution in [3.8, 4) is 0 Å². The highest BCUT2D eigenvalue weighted by Gasteiger charge is 2.19. The van der Waals surface area contributed by atoms with Gasteiger partial charge in [-0.15, -0.1) is 0 Å². The minimum atomic E-state index is -0.763. The van der Waals surface area contributed by atoms with Crippen LogP contribution in [-0.2, 0) is 28.6 Å². The molecule has 1 atom stereocenters. The molecule has 0 rings (SSSR count). The van der Waals surface area contributed by atoms with Crippen molar-refractivity contribution in [2.24, 2.45) is 0 Å². The molecule has 0 aromatic heterocycles. The van der Waals surface area contributed by atoms with E-state index in [9.17, 15) is 14.4 Å². The molecular weight excluding hydrogens is 805 g/mol. The molecule has 0 N–H and O–H groups in total. The van der Waals surface area contributed by atoms with Crippen LogP contribution in [0.1, 0.15) is 278 Å². The summed E-state index contributed by atoms with van der Waals surface area (Å²) in [4.78, 5) is 37.6. The van der Waals surface area contributed by atoms with Crippen molar-refractivity contribution >= 4 is 17.9 Å². The van der Waals surface area contributed by atoms with Gasteiger partial charge < -0.3 is 14.2 Å². The Balaban J connectivity index is 3.86. The maximum Gasteiger partial charge on any atom is 0.306 e. The van der Waals surface area contributed by atoms with Crippen LogP contribution in [0.3, 0.4) is 0 Å². The molecule has 6 heteroatoms. The fraction of sp³-hybridized carbons (Fsp3) is 0.780. The maximum atomic E-state index is 12.6. The zero-order chi connectivity index (χ0) is 47.2. The van der Waals surface area contributed by atoms with Gasteiger partial charge in [-0.05, 0) is 64.2 Å². The van der Waals surface area contributed by atoms with Crippen molar-refractivity contribution in [1.29, 1.82) is 0 Å². The summed E-state index contributed by atoms with van der Waals surface area (Å²) in [5, 5.41) is 0. The summed E-state index contributed by atoms with van der Waals surface area (Å²) in [6.07, 6.45) is 67.0. The first-order valence-corrected chi connectivity index (χ1v) is 27.8. The van der Waals surface area contributed by atoms with Crippen molar-refractivity contribution in [2.45, 2.75) is 284 Å². The van der Waals surface area contributed by atoms with Gasteiger partial charge >= 0.3 is 17.9 Å². The third-order valence-corrected chi connectivity index (χ3v) is 12.0. The van der Waals surface area contributed by atoms with E-state index in [0.29, 0.717) is 19.3 Å². The number of esters is 3. The van der Waals surface area contributed by atoms with Crippen LogP contribution in [0.5, 0.6) is 0 Å². The standard InChI is InChI=1S/C59H104O6/c1-4-7-10-13-16-17-18-19-20-21-22-23-24-25-26-27-28-29-30-31-32-33-34-35-36-37-38-39-40-41-44-46-49-52-58(61)64-55-56(65-59(62)53-50-47-43-15-12-9-6-3)54-63-57(60)51-48-45-42-14-11-8-5-2/h7,10,16-17,19-20,22-23,25-26,56H,4-6,8-9,11-15,18,21,24,27-55H2,1-3H3/b10-7-,17-16-,20-19-,23-22-,26-25-. The third kappa shape index (κ3) is 51.9. The number of allylic oxidation sites excluding steroid dienone is 10. The Labute approximate surface area is 402 Å². The third-order valence-electron chi connectivity index (χ3n) is 12.0. The topological polar surface area (TPSA) is 78.9 Å². The lowest BCUT2D eigenvalue weighted by Crippen LogP contribution is -2.30. The average molecular weight is 909 g/mol. The highest BCUT2D eigenvalue weighted by atomic mass is 16.6. The molecule has 0 aliphatic carbocycles. The lowest BCUT2D eigenvalue weighted by molar-refractivity contribution is -0.167. The van der Waals surface area contributed by atoms with E-state index >= 15 is 0 Å². The SMILES string of the molecule is CC/C=C\C/C=C\C/C=C\C/C=C\C/C=C\CCCCCCCCCCCCCCCCCCCC(=O)OCC(COC(=O)CCCCCCCCC)OC(=O)CCCCCCCCC. The number of carbonyl (C=O) groups is 3. The van der Waals surface area contributed by atoms with E-state index in [2.05, 4.69) is 81.5 Å². The van der Waals surface area contributed by atoms with Crippen molar-refractivity contribution in [3.05, 3.63) is 60.8 Å². The van der Waals surface area contributed by atoms with E-state index in [-0.39, 0.29) is 31.1 Å². The highest BCUT2D eigenvalue weighted by molar-refractivity contribution is 5.71. The molecule has 0 saturated carbocycles. The summed E-state index contributed by atoms with van der Waals surface area (Å²) in [5.74, 6) is -0.876. The summed E-state index contributed by atoms with van der Waals surface area (Å²) >= 11 is 0. The van der Waals surface area contributed by atoms with Crippen LogP contribution >= 0.6 is 0 Å². The van der Waals surface area contributed by atoms with Crippen LogP contribution in [-0.4, -0.2) is 37.2 Å². The molecule has 0 aliphatic heterocycles. The maximum absolute atomic E-state index is 12.6. The molecule has 0 radical (unpaired) electrons. The predicted octanol–water partition coefficient (Wildman–Crippen LogP) is 18.4. The predicted molar refractivity (Wildman–Crippen MR) is 279 cm³/mol. The first-order valence-electron chi connectivity index (χ1n) is 27.8. The zero-order valence-electron chi connectivity index (χ0n) is 43.0. The Morgan fingerprint density at radius 3 is 0.938 bits per heavy atom. The smallest absolute Gasteiger partial charge is 0.306 e. The molecule has 0 aromatic rings. The van der Waals surface area contributed by atoms with Crippen LogP contribution < -0.4 is 0 Å². The second-order valence-corrected chi connectivity index (χ2v) is 18.5. The molecule has 376 valence electrons. The van der Waals surface area contributed by atoms with Crippen LogP contribution in [0.4, 0.5) is 0 Å². The lowest BCUT2D eigenvalue weighted by atomic mass is 10.0. The van der Waals surface area contributed by atoms with E-state index in [0.717, 1.165) is 89.9 Å².